The van der Waals surface area contributed by atoms with E-state index in [4.69, 9.17) is 33.2 Å². The Morgan fingerprint density at radius 3 is 1.05 bits per heavy atom. The molecule has 3 N–H and O–H groups in total. The molecule has 0 fully saturated rings. The highest BCUT2D eigenvalue weighted by atomic mass is 31.1. The fourth-order valence-corrected chi connectivity index (χ4v) is 1.78. The van der Waals surface area contributed by atoms with Crippen LogP contribution < -0.4 is 0 Å². The maximum atomic E-state index is 8.59. The summed E-state index contributed by atoms with van der Waals surface area (Å²) in [6.07, 6.45) is 14.8. The molecule has 0 aromatic rings. The van der Waals surface area contributed by atoms with Gasteiger partial charge in [-0.15, -0.1) is 0 Å². The fraction of sp³-hybridized carbons (Fsp3) is 1.00. The van der Waals surface area contributed by atoms with E-state index >= 15 is 0 Å². The third-order valence-electron chi connectivity index (χ3n) is 2.76. The zero-order valence-electron chi connectivity index (χ0n) is 13.4. The molecule has 0 bridgehead atoms. The summed E-state index contributed by atoms with van der Waals surface area (Å²) in [6.45, 7) is 2.64. The first-order chi connectivity index (χ1) is 10.4. The van der Waals surface area contributed by atoms with Gasteiger partial charge in [0.1, 0.15) is 0 Å². The molecule has 0 saturated carbocycles. The van der Waals surface area contributed by atoms with Gasteiger partial charge in [0.2, 0.25) is 0 Å². The van der Waals surface area contributed by atoms with Gasteiger partial charge in [-0.05, 0) is 6.42 Å². The van der Waals surface area contributed by atoms with Crippen LogP contribution in [0.3, 0.4) is 0 Å². The van der Waals surface area contributed by atoms with Crippen molar-refractivity contribution in [1.82, 2.24) is 0 Å². The quantitative estimate of drug-likeness (QED) is 0.367. The number of rotatable bonds is 11. The van der Waals surface area contributed by atoms with E-state index in [0.717, 1.165) is 6.42 Å². The molecule has 134 valence electrons. The van der Waals surface area contributed by atoms with Gasteiger partial charge in [0, 0.05) is 6.61 Å². The van der Waals surface area contributed by atoms with E-state index in [1.165, 1.54) is 64.2 Å². The Bertz CT molecular complexity index is 280. The van der Waals surface area contributed by atoms with Crippen molar-refractivity contribution < 1.29 is 33.2 Å². The van der Waals surface area contributed by atoms with Gasteiger partial charge in [0.25, 0.3) is 0 Å². The molecule has 0 spiro atoms. The first-order valence-electron chi connectivity index (χ1n) is 7.65. The fourth-order valence-electron chi connectivity index (χ4n) is 1.78. The summed E-state index contributed by atoms with van der Waals surface area (Å²) in [5.74, 6) is 0. The Morgan fingerprint density at radius 2 is 0.818 bits per heavy atom. The first-order valence-corrected chi connectivity index (χ1v) is 9.91. The molecular formula is C13H30O7P2. The second kappa shape index (κ2) is 25.6. The molecule has 0 heterocycles. The second-order valence-corrected chi connectivity index (χ2v) is 5.69. The molecule has 0 aliphatic rings. The molecule has 0 aliphatic heterocycles. The van der Waals surface area contributed by atoms with Crippen molar-refractivity contribution in [3.8, 4) is 0 Å². The summed E-state index contributed by atoms with van der Waals surface area (Å²) in [5, 5.41) is 8.59. The molecule has 0 radical (unpaired) electrons. The van der Waals surface area contributed by atoms with Crippen LogP contribution in [0.4, 0.5) is 0 Å². The highest BCUT2D eigenvalue weighted by Gasteiger charge is 1.91. The molecule has 0 unspecified atom stereocenters. The molecule has 0 rings (SSSR count). The summed E-state index contributed by atoms with van der Waals surface area (Å²) in [4.78, 5) is 14.0. The standard InChI is InChI=1S/C13H28O.2HO3P/c1-2-3-4-5-6-7-8-9-10-11-12-13-14;2*1-4(2)3/h14H,2-13H2,1H3;2*(H,1,2,3). The van der Waals surface area contributed by atoms with Crippen LogP contribution >= 0.6 is 15.8 Å². The number of aliphatic hydroxyl groups excluding tert-OH is 1. The molecule has 0 amide bonds. The summed E-state index contributed by atoms with van der Waals surface area (Å²) < 4.78 is 34.4. The number of hydrogen-bond donors (Lipinski definition) is 3. The number of aliphatic hydroxyl groups is 1. The van der Waals surface area contributed by atoms with Gasteiger partial charge in [0.15, 0.2) is 0 Å². The third-order valence-corrected chi connectivity index (χ3v) is 2.76. The van der Waals surface area contributed by atoms with Crippen molar-refractivity contribution in [2.24, 2.45) is 0 Å². The SMILES string of the molecule is CCCCCCCCCCCCCO.O=P(=O)O.O=P(=O)O. The number of unbranched alkanes of at least 4 members (excludes halogenated alkanes) is 10. The van der Waals surface area contributed by atoms with Gasteiger partial charge in [-0.2, -0.15) is 0 Å². The van der Waals surface area contributed by atoms with Crippen LogP contribution in [-0.4, -0.2) is 21.5 Å². The van der Waals surface area contributed by atoms with E-state index < -0.39 is 15.8 Å². The van der Waals surface area contributed by atoms with Crippen molar-refractivity contribution in [3.05, 3.63) is 0 Å². The van der Waals surface area contributed by atoms with Crippen molar-refractivity contribution in [1.29, 1.82) is 0 Å². The summed E-state index contributed by atoms with van der Waals surface area (Å²) in [6, 6.07) is 0. The summed E-state index contributed by atoms with van der Waals surface area (Å²) >= 11 is 0. The molecule has 0 aliphatic carbocycles. The van der Waals surface area contributed by atoms with Crippen LogP contribution in [0.25, 0.3) is 0 Å². The van der Waals surface area contributed by atoms with Crippen LogP contribution in [0, 0.1) is 0 Å². The van der Waals surface area contributed by atoms with Gasteiger partial charge in [0.05, 0.1) is 0 Å². The van der Waals surface area contributed by atoms with Gasteiger partial charge in [-0.3, -0.25) is 9.79 Å². The average molecular weight is 360 g/mol. The van der Waals surface area contributed by atoms with Crippen molar-refractivity contribution in [2.75, 3.05) is 6.61 Å². The molecule has 0 aromatic heterocycles. The van der Waals surface area contributed by atoms with E-state index in [2.05, 4.69) is 6.92 Å². The van der Waals surface area contributed by atoms with Gasteiger partial charge >= 0.3 is 15.8 Å². The van der Waals surface area contributed by atoms with E-state index in [9.17, 15) is 0 Å². The summed E-state index contributed by atoms with van der Waals surface area (Å²) in [7, 11) is -6.24. The van der Waals surface area contributed by atoms with Gasteiger partial charge in [-0.25, -0.2) is 18.3 Å². The predicted octanol–water partition coefficient (Wildman–Crippen LogP) is 4.42. The predicted molar refractivity (Wildman–Crippen MR) is 84.6 cm³/mol. The lowest BCUT2D eigenvalue weighted by Crippen LogP contribution is -1.84. The Kier molecular flexibility index (Phi) is 30.9. The maximum absolute atomic E-state index is 8.59. The lowest BCUT2D eigenvalue weighted by atomic mass is 10.1. The van der Waals surface area contributed by atoms with Gasteiger partial charge in [-0.1, -0.05) is 71.1 Å². The van der Waals surface area contributed by atoms with Crippen molar-refractivity contribution >= 4 is 15.8 Å². The maximum Gasteiger partial charge on any atom is 0.465 e. The molecule has 0 saturated heterocycles. The van der Waals surface area contributed by atoms with Crippen LogP contribution in [-0.2, 0) is 18.3 Å². The zero-order valence-corrected chi connectivity index (χ0v) is 15.1. The van der Waals surface area contributed by atoms with Gasteiger partial charge < -0.3 is 5.11 Å². The molecular weight excluding hydrogens is 330 g/mol. The third kappa shape index (κ3) is 60.2. The molecule has 22 heavy (non-hydrogen) atoms. The number of hydrogen-bond acceptors (Lipinski definition) is 5. The van der Waals surface area contributed by atoms with E-state index in [1.807, 2.05) is 0 Å². The minimum atomic E-state index is -3.12. The first kappa shape index (κ1) is 26.6. The van der Waals surface area contributed by atoms with Crippen LogP contribution in [0.1, 0.15) is 77.6 Å². The van der Waals surface area contributed by atoms with E-state index in [0.29, 0.717) is 6.61 Å². The Hall–Kier alpha value is -0.320. The largest absolute Gasteiger partial charge is 0.465 e. The molecule has 9 heteroatoms. The average Bonchev–Trinajstić information content (AvgIpc) is 2.40. The molecule has 7 nitrogen and oxygen atoms in total. The Morgan fingerprint density at radius 1 is 0.591 bits per heavy atom. The van der Waals surface area contributed by atoms with Crippen molar-refractivity contribution in [3.63, 3.8) is 0 Å². The zero-order chi connectivity index (χ0) is 17.6. The minimum absolute atomic E-state index is 0.372. The summed E-state index contributed by atoms with van der Waals surface area (Å²) in [5.41, 5.74) is 0. The van der Waals surface area contributed by atoms with E-state index in [1.54, 1.807) is 0 Å². The topological polar surface area (TPSA) is 129 Å². The lowest BCUT2D eigenvalue weighted by Gasteiger charge is -2.01. The molecule has 0 aromatic carbocycles. The van der Waals surface area contributed by atoms with Crippen LogP contribution in [0.2, 0.25) is 0 Å². The molecule has 0 atom stereocenters. The van der Waals surface area contributed by atoms with Crippen LogP contribution in [0.5, 0.6) is 0 Å². The Balaban J connectivity index is -0.000000372. The van der Waals surface area contributed by atoms with Crippen LogP contribution in [0.15, 0.2) is 0 Å². The highest BCUT2D eigenvalue weighted by Crippen LogP contribution is 2.10. The monoisotopic (exact) mass is 360 g/mol. The smallest absolute Gasteiger partial charge is 0.396 e. The second-order valence-electron chi connectivity index (χ2n) is 4.73. The minimum Gasteiger partial charge on any atom is -0.396 e. The highest BCUT2D eigenvalue weighted by molar-refractivity contribution is 7.23. The Labute approximate surface area is 134 Å². The van der Waals surface area contributed by atoms with Crippen molar-refractivity contribution in [2.45, 2.75) is 77.6 Å². The normalized spacial score (nSPS) is 9.09. The van der Waals surface area contributed by atoms with E-state index in [-0.39, 0.29) is 0 Å². The lowest BCUT2D eigenvalue weighted by molar-refractivity contribution is 0.282.